The van der Waals surface area contributed by atoms with E-state index in [9.17, 15) is 9.59 Å². The van der Waals surface area contributed by atoms with E-state index < -0.39 is 5.92 Å². The van der Waals surface area contributed by atoms with Crippen LogP contribution in [0.4, 0.5) is 0 Å². The van der Waals surface area contributed by atoms with Gasteiger partial charge in [-0.1, -0.05) is 30.3 Å². The molecule has 1 amide bonds. The van der Waals surface area contributed by atoms with E-state index >= 15 is 0 Å². The van der Waals surface area contributed by atoms with Gasteiger partial charge in [-0.3, -0.25) is 9.59 Å². The third-order valence-electron chi connectivity index (χ3n) is 3.08. The maximum Gasteiger partial charge on any atom is 0.233 e. The lowest BCUT2D eigenvalue weighted by atomic mass is 10.0. The molecule has 3 heteroatoms. The highest BCUT2D eigenvalue weighted by Gasteiger charge is 2.25. The molecule has 1 aromatic carbocycles. The molecule has 0 N–H and O–H groups in total. The molecule has 0 bridgehead atoms. The second-order valence-electron chi connectivity index (χ2n) is 4.88. The average molecular weight is 247 g/mol. The molecular weight excluding hydrogens is 226 g/mol. The summed E-state index contributed by atoms with van der Waals surface area (Å²) in [4.78, 5) is 25.3. The van der Waals surface area contributed by atoms with Gasteiger partial charge in [-0.05, 0) is 33.3 Å². The first-order valence-electron chi connectivity index (χ1n) is 6.28. The standard InChI is InChI=1S/C15H21NO2/c1-11(2)16(15(18)12(3)13(4)17)10-14-8-6-5-7-9-14/h5-9,11-12H,10H2,1-4H3. The minimum Gasteiger partial charge on any atom is -0.335 e. The predicted octanol–water partition coefficient (Wildman–Crippen LogP) is 2.65. The lowest BCUT2D eigenvalue weighted by Gasteiger charge is -2.29. The minimum atomic E-state index is -0.559. The SMILES string of the molecule is CC(=O)C(C)C(=O)N(Cc1ccccc1)C(C)C. The zero-order valence-electron chi connectivity index (χ0n) is 11.5. The molecule has 0 saturated carbocycles. The molecule has 0 radical (unpaired) electrons. The van der Waals surface area contributed by atoms with Gasteiger partial charge in [0.1, 0.15) is 5.78 Å². The summed E-state index contributed by atoms with van der Waals surface area (Å²) in [6.07, 6.45) is 0. The van der Waals surface area contributed by atoms with Crippen LogP contribution in [-0.4, -0.2) is 22.6 Å². The maximum atomic E-state index is 12.2. The summed E-state index contributed by atoms with van der Waals surface area (Å²) in [6.45, 7) is 7.62. The van der Waals surface area contributed by atoms with E-state index in [1.54, 1.807) is 11.8 Å². The average Bonchev–Trinajstić information content (AvgIpc) is 2.35. The van der Waals surface area contributed by atoms with E-state index in [0.717, 1.165) is 5.56 Å². The Labute approximate surface area is 109 Å². The van der Waals surface area contributed by atoms with E-state index in [2.05, 4.69) is 0 Å². The van der Waals surface area contributed by atoms with Crippen molar-refractivity contribution in [3.8, 4) is 0 Å². The van der Waals surface area contributed by atoms with Crippen LogP contribution in [0.2, 0.25) is 0 Å². The molecule has 18 heavy (non-hydrogen) atoms. The Kier molecular flexibility index (Phi) is 5.08. The van der Waals surface area contributed by atoms with Crippen molar-refractivity contribution in [1.82, 2.24) is 4.90 Å². The summed E-state index contributed by atoms with van der Waals surface area (Å²) < 4.78 is 0. The van der Waals surface area contributed by atoms with Gasteiger partial charge in [-0.25, -0.2) is 0 Å². The molecule has 0 aliphatic rings. The van der Waals surface area contributed by atoms with Crippen LogP contribution < -0.4 is 0 Å². The molecule has 0 aromatic heterocycles. The van der Waals surface area contributed by atoms with E-state index in [0.29, 0.717) is 6.54 Å². The number of hydrogen-bond donors (Lipinski definition) is 0. The normalized spacial score (nSPS) is 12.3. The van der Waals surface area contributed by atoms with Crippen LogP contribution >= 0.6 is 0 Å². The summed E-state index contributed by atoms with van der Waals surface area (Å²) in [5.74, 6) is -0.740. The third-order valence-corrected chi connectivity index (χ3v) is 3.08. The molecule has 0 heterocycles. The van der Waals surface area contributed by atoms with Gasteiger partial charge in [0.2, 0.25) is 5.91 Å². The summed E-state index contributed by atoms with van der Waals surface area (Å²) in [5, 5.41) is 0. The van der Waals surface area contributed by atoms with Crippen LogP contribution in [0.1, 0.15) is 33.3 Å². The first kappa shape index (κ1) is 14.4. The monoisotopic (exact) mass is 247 g/mol. The molecule has 0 fully saturated rings. The molecule has 3 nitrogen and oxygen atoms in total. The quantitative estimate of drug-likeness (QED) is 0.750. The number of hydrogen-bond acceptors (Lipinski definition) is 2. The number of rotatable bonds is 5. The molecule has 0 aliphatic carbocycles. The van der Waals surface area contributed by atoms with Crippen LogP contribution in [0.15, 0.2) is 30.3 Å². The van der Waals surface area contributed by atoms with Gasteiger partial charge >= 0.3 is 0 Å². The number of amides is 1. The first-order valence-corrected chi connectivity index (χ1v) is 6.28. The van der Waals surface area contributed by atoms with Crippen molar-refractivity contribution in [2.45, 2.75) is 40.3 Å². The molecule has 1 aromatic rings. The Morgan fingerprint density at radius 3 is 2.11 bits per heavy atom. The number of carbonyl (C=O) groups excluding carboxylic acids is 2. The highest BCUT2D eigenvalue weighted by atomic mass is 16.2. The van der Waals surface area contributed by atoms with Crippen LogP contribution in [0.5, 0.6) is 0 Å². The van der Waals surface area contributed by atoms with Crippen molar-refractivity contribution < 1.29 is 9.59 Å². The first-order chi connectivity index (χ1) is 8.43. The zero-order chi connectivity index (χ0) is 13.7. The summed E-state index contributed by atoms with van der Waals surface area (Å²) in [5.41, 5.74) is 1.08. The fraction of sp³-hybridized carbons (Fsp3) is 0.467. The van der Waals surface area contributed by atoms with Gasteiger partial charge < -0.3 is 4.90 Å². The molecule has 0 aliphatic heterocycles. The Bertz CT molecular complexity index is 412. The second-order valence-corrected chi connectivity index (χ2v) is 4.88. The number of benzene rings is 1. The largest absolute Gasteiger partial charge is 0.335 e. The number of nitrogens with zero attached hydrogens (tertiary/aromatic N) is 1. The highest BCUT2D eigenvalue weighted by Crippen LogP contribution is 2.13. The van der Waals surface area contributed by atoms with Gasteiger partial charge in [0.15, 0.2) is 0 Å². The summed E-state index contributed by atoms with van der Waals surface area (Å²) in [6, 6.07) is 9.91. The molecule has 98 valence electrons. The van der Waals surface area contributed by atoms with Crippen LogP contribution in [0.25, 0.3) is 0 Å². The minimum absolute atomic E-state index is 0.0829. The number of ketones is 1. The van der Waals surface area contributed by atoms with Gasteiger partial charge in [0, 0.05) is 12.6 Å². The molecule has 0 saturated heterocycles. The Balaban J connectivity index is 2.84. The topological polar surface area (TPSA) is 37.4 Å². The molecular formula is C15H21NO2. The van der Waals surface area contributed by atoms with Crippen molar-refractivity contribution in [3.63, 3.8) is 0 Å². The van der Waals surface area contributed by atoms with E-state index in [1.165, 1.54) is 6.92 Å². The smallest absolute Gasteiger partial charge is 0.233 e. The van der Waals surface area contributed by atoms with Crippen molar-refractivity contribution in [2.75, 3.05) is 0 Å². The summed E-state index contributed by atoms with van der Waals surface area (Å²) >= 11 is 0. The van der Waals surface area contributed by atoms with Gasteiger partial charge in [-0.2, -0.15) is 0 Å². The van der Waals surface area contributed by atoms with Gasteiger partial charge in [-0.15, -0.1) is 0 Å². The van der Waals surface area contributed by atoms with Crippen molar-refractivity contribution in [3.05, 3.63) is 35.9 Å². The fourth-order valence-electron chi connectivity index (χ4n) is 1.72. The lowest BCUT2D eigenvalue weighted by molar-refractivity contribution is -0.141. The predicted molar refractivity (Wildman–Crippen MR) is 72.0 cm³/mol. The molecule has 1 atom stereocenters. The highest BCUT2D eigenvalue weighted by molar-refractivity contribution is 5.99. The zero-order valence-corrected chi connectivity index (χ0v) is 11.5. The number of Topliss-reactive ketones (excluding diaryl/α,β-unsaturated/α-hetero) is 1. The Hall–Kier alpha value is -1.64. The lowest BCUT2D eigenvalue weighted by Crippen LogP contribution is -2.41. The van der Waals surface area contributed by atoms with Crippen LogP contribution in [0, 0.1) is 5.92 Å². The summed E-state index contributed by atoms with van der Waals surface area (Å²) in [7, 11) is 0. The van der Waals surface area contributed by atoms with Crippen LogP contribution in [0.3, 0.4) is 0 Å². The molecule has 1 rings (SSSR count). The number of carbonyl (C=O) groups is 2. The Morgan fingerprint density at radius 2 is 1.67 bits per heavy atom. The van der Waals surface area contributed by atoms with Crippen LogP contribution in [-0.2, 0) is 16.1 Å². The van der Waals surface area contributed by atoms with E-state index in [4.69, 9.17) is 0 Å². The van der Waals surface area contributed by atoms with Crippen molar-refractivity contribution in [2.24, 2.45) is 5.92 Å². The van der Waals surface area contributed by atoms with Gasteiger partial charge in [0.05, 0.1) is 5.92 Å². The molecule has 1 unspecified atom stereocenters. The fourth-order valence-corrected chi connectivity index (χ4v) is 1.72. The maximum absolute atomic E-state index is 12.2. The molecule has 0 spiro atoms. The van der Waals surface area contributed by atoms with Gasteiger partial charge in [0.25, 0.3) is 0 Å². The third kappa shape index (κ3) is 3.69. The van der Waals surface area contributed by atoms with E-state index in [1.807, 2.05) is 44.2 Å². The second kappa shape index (κ2) is 6.34. The van der Waals surface area contributed by atoms with Crippen molar-refractivity contribution in [1.29, 1.82) is 0 Å². The van der Waals surface area contributed by atoms with E-state index in [-0.39, 0.29) is 17.7 Å². The Morgan fingerprint density at radius 1 is 1.11 bits per heavy atom. The van der Waals surface area contributed by atoms with Crippen molar-refractivity contribution >= 4 is 11.7 Å².